The van der Waals surface area contributed by atoms with Crippen LogP contribution >= 0.6 is 0 Å². The van der Waals surface area contributed by atoms with Gasteiger partial charge in [0.1, 0.15) is 0 Å². The number of anilines is 1. The maximum absolute atomic E-state index is 12.5. The van der Waals surface area contributed by atoms with Crippen molar-refractivity contribution in [2.24, 2.45) is 0 Å². The molecule has 0 unspecified atom stereocenters. The monoisotopic (exact) mass is 390 g/mol. The van der Waals surface area contributed by atoms with Gasteiger partial charge in [0.15, 0.2) is 11.5 Å². The predicted molar refractivity (Wildman–Crippen MR) is 109 cm³/mol. The van der Waals surface area contributed by atoms with Crippen molar-refractivity contribution in [2.45, 2.75) is 33.9 Å². The molecule has 0 fully saturated rings. The standard InChI is InChI=1S/C21H22N6O2/c1-4-27-15(3)17(10-23-27)12-26-13-18(11-22-26)24-21(28)19-9-20(29-25-19)16-7-5-14(2)6-8-16/h5-11,13H,4,12H2,1-3H3,(H,24,28). The first-order valence-electron chi connectivity index (χ1n) is 9.42. The van der Waals surface area contributed by atoms with E-state index in [9.17, 15) is 4.79 Å². The third kappa shape index (κ3) is 3.96. The molecule has 0 saturated heterocycles. The van der Waals surface area contributed by atoms with Crippen LogP contribution in [0.2, 0.25) is 0 Å². The van der Waals surface area contributed by atoms with Gasteiger partial charge in [-0.1, -0.05) is 35.0 Å². The van der Waals surface area contributed by atoms with E-state index in [0.717, 1.165) is 28.9 Å². The highest BCUT2D eigenvalue weighted by molar-refractivity contribution is 6.03. The quantitative estimate of drug-likeness (QED) is 0.542. The largest absolute Gasteiger partial charge is 0.355 e. The van der Waals surface area contributed by atoms with Crippen LogP contribution in [0.5, 0.6) is 0 Å². The highest BCUT2D eigenvalue weighted by Gasteiger charge is 2.15. The van der Waals surface area contributed by atoms with Crippen molar-refractivity contribution >= 4 is 11.6 Å². The van der Waals surface area contributed by atoms with E-state index in [4.69, 9.17) is 4.52 Å². The molecule has 4 aromatic rings. The van der Waals surface area contributed by atoms with Gasteiger partial charge in [-0.15, -0.1) is 0 Å². The Hall–Kier alpha value is -3.68. The van der Waals surface area contributed by atoms with Crippen molar-refractivity contribution < 1.29 is 9.32 Å². The van der Waals surface area contributed by atoms with E-state index in [1.165, 1.54) is 0 Å². The third-order valence-corrected chi connectivity index (χ3v) is 4.81. The zero-order valence-electron chi connectivity index (χ0n) is 16.6. The second kappa shape index (κ2) is 7.75. The van der Waals surface area contributed by atoms with E-state index in [2.05, 4.69) is 27.6 Å². The predicted octanol–water partition coefficient (Wildman–Crippen LogP) is 3.67. The van der Waals surface area contributed by atoms with E-state index in [1.807, 2.05) is 49.0 Å². The van der Waals surface area contributed by atoms with Gasteiger partial charge >= 0.3 is 0 Å². The lowest BCUT2D eigenvalue weighted by Gasteiger charge is -2.03. The van der Waals surface area contributed by atoms with E-state index >= 15 is 0 Å². The summed E-state index contributed by atoms with van der Waals surface area (Å²) in [5.41, 5.74) is 5.04. The smallest absolute Gasteiger partial charge is 0.277 e. The summed E-state index contributed by atoms with van der Waals surface area (Å²) in [4.78, 5) is 12.5. The lowest BCUT2D eigenvalue weighted by Crippen LogP contribution is -2.11. The van der Waals surface area contributed by atoms with Crippen molar-refractivity contribution in [3.63, 3.8) is 0 Å². The Balaban J connectivity index is 1.43. The van der Waals surface area contributed by atoms with Gasteiger partial charge in [0.2, 0.25) is 0 Å². The Morgan fingerprint density at radius 2 is 1.93 bits per heavy atom. The lowest BCUT2D eigenvalue weighted by molar-refractivity contribution is 0.101. The molecular weight excluding hydrogens is 368 g/mol. The number of carbonyl (C=O) groups is 1. The van der Waals surface area contributed by atoms with Crippen LogP contribution in [-0.4, -0.2) is 30.6 Å². The van der Waals surface area contributed by atoms with Crippen molar-refractivity contribution in [1.82, 2.24) is 24.7 Å². The number of rotatable bonds is 6. The van der Waals surface area contributed by atoms with E-state index in [0.29, 0.717) is 18.0 Å². The van der Waals surface area contributed by atoms with Crippen LogP contribution in [0.3, 0.4) is 0 Å². The molecule has 4 rings (SSSR count). The van der Waals surface area contributed by atoms with Gasteiger partial charge in [-0.3, -0.25) is 14.2 Å². The average Bonchev–Trinajstić information content (AvgIpc) is 3.44. The van der Waals surface area contributed by atoms with Gasteiger partial charge < -0.3 is 9.84 Å². The highest BCUT2D eigenvalue weighted by Crippen LogP contribution is 2.21. The summed E-state index contributed by atoms with van der Waals surface area (Å²) >= 11 is 0. The summed E-state index contributed by atoms with van der Waals surface area (Å²) in [6.45, 7) is 7.52. The van der Waals surface area contributed by atoms with Gasteiger partial charge in [0.05, 0.1) is 24.6 Å². The summed E-state index contributed by atoms with van der Waals surface area (Å²) in [6, 6.07) is 9.47. The Bertz CT molecular complexity index is 1140. The number of hydrogen-bond acceptors (Lipinski definition) is 5. The van der Waals surface area contributed by atoms with Crippen LogP contribution in [-0.2, 0) is 13.1 Å². The van der Waals surface area contributed by atoms with Crippen molar-refractivity contribution in [3.05, 3.63) is 71.4 Å². The van der Waals surface area contributed by atoms with Crippen LogP contribution < -0.4 is 5.32 Å². The molecule has 0 aliphatic heterocycles. The number of nitrogens with zero attached hydrogens (tertiary/aromatic N) is 5. The van der Waals surface area contributed by atoms with E-state index < -0.39 is 0 Å². The molecule has 0 atom stereocenters. The second-order valence-corrected chi connectivity index (χ2v) is 6.89. The molecule has 0 aliphatic carbocycles. The number of aryl methyl sites for hydroxylation is 2. The van der Waals surface area contributed by atoms with Crippen LogP contribution in [0, 0.1) is 13.8 Å². The molecule has 1 amide bonds. The summed E-state index contributed by atoms with van der Waals surface area (Å²) in [7, 11) is 0. The fraction of sp³-hybridized carbons (Fsp3) is 0.238. The molecule has 1 N–H and O–H groups in total. The minimum absolute atomic E-state index is 0.216. The second-order valence-electron chi connectivity index (χ2n) is 6.89. The van der Waals surface area contributed by atoms with Crippen LogP contribution in [0.4, 0.5) is 5.69 Å². The molecule has 3 aromatic heterocycles. The molecule has 1 aromatic carbocycles. The topological polar surface area (TPSA) is 90.8 Å². The lowest BCUT2D eigenvalue weighted by atomic mass is 10.1. The number of amides is 1. The molecule has 8 heteroatoms. The third-order valence-electron chi connectivity index (χ3n) is 4.81. The fourth-order valence-corrected chi connectivity index (χ4v) is 3.08. The molecule has 3 heterocycles. The van der Waals surface area contributed by atoms with Crippen molar-refractivity contribution in [3.8, 4) is 11.3 Å². The summed E-state index contributed by atoms with van der Waals surface area (Å²) in [6.07, 6.45) is 5.24. The molecular formula is C21H22N6O2. The first-order chi connectivity index (χ1) is 14.0. The van der Waals surface area contributed by atoms with Crippen molar-refractivity contribution in [2.75, 3.05) is 5.32 Å². The van der Waals surface area contributed by atoms with Gasteiger partial charge in [-0.05, 0) is 20.8 Å². The zero-order valence-corrected chi connectivity index (χ0v) is 16.6. The minimum atomic E-state index is -0.346. The fourth-order valence-electron chi connectivity index (χ4n) is 3.08. The normalized spacial score (nSPS) is 11.0. The first kappa shape index (κ1) is 18.7. The highest BCUT2D eigenvalue weighted by atomic mass is 16.5. The molecule has 148 valence electrons. The minimum Gasteiger partial charge on any atom is -0.355 e. The van der Waals surface area contributed by atoms with E-state index in [-0.39, 0.29) is 11.6 Å². The van der Waals surface area contributed by atoms with Gasteiger partial charge in [0, 0.05) is 35.6 Å². The SMILES string of the molecule is CCn1ncc(Cn2cc(NC(=O)c3cc(-c4ccc(C)cc4)on3)cn2)c1C. The average molecular weight is 390 g/mol. The molecule has 29 heavy (non-hydrogen) atoms. The Morgan fingerprint density at radius 3 is 2.66 bits per heavy atom. The summed E-state index contributed by atoms with van der Waals surface area (Å²) < 4.78 is 9.03. The molecule has 0 bridgehead atoms. The van der Waals surface area contributed by atoms with Gasteiger partial charge in [-0.25, -0.2) is 0 Å². The Labute approximate surface area is 168 Å². The van der Waals surface area contributed by atoms with Crippen LogP contribution in [0.15, 0.2) is 53.4 Å². The maximum atomic E-state index is 12.5. The molecule has 0 aliphatic rings. The van der Waals surface area contributed by atoms with Gasteiger partial charge in [-0.2, -0.15) is 10.2 Å². The zero-order chi connectivity index (χ0) is 20.4. The summed E-state index contributed by atoms with van der Waals surface area (Å²) in [5, 5.41) is 15.3. The summed E-state index contributed by atoms with van der Waals surface area (Å²) in [5.74, 6) is 0.205. The molecule has 0 radical (unpaired) electrons. The number of benzene rings is 1. The van der Waals surface area contributed by atoms with E-state index in [1.54, 1.807) is 23.1 Å². The Kier molecular flexibility index (Phi) is 4.99. The number of hydrogen-bond donors (Lipinski definition) is 1. The van der Waals surface area contributed by atoms with Crippen LogP contribution in [0.1, 0.15) is 34.2 Å². The Morgan fingerprint density at radius 1 is 1.14 bits per heavy atom. The molecule has 0 spiro atoms. The molecule has 0 saturated carbocycles. The number of carbonyl (C=O) groups excluding carboxylic acids is 1. The molecule has 8 nitrogen and oxygen atoms in total. The maximum Gasteiger partial charge on any atom is 0.277 e. The number of nitrogens with one attached hydrogen (secondary N) is 1. The van der Waals surface area contributed by atoms with Gasteiger partial charge in [0.25, 0.3) is 5.91 Å². The first-order valence-corrected chi connectivity index (χ1v) is 9.42. The number of aromatic nitrogens is 5. The van der Waals surface area contributed by atoms with Crippen LogP contribution in [0.25, 0.3) is 11.3 Å². The van der Waals surface area contributed by atoms with Crippen molar-refractivity contribution in [1.29, 1.82) is 0 Å².